The van der Waals surface area contributed by atoms with E-state index in [1.165, 1.54) is 0 Å². The van der Waals surface area contributed by atoms with E-state index in [4.69, 9.17) is 9.47 Å². The number of carbonyl (C=O) groups excluding carboxylic acids is 1. The van der Waals surface area contributed by atoms with Gasteiger partial charge in [0.25, 0.3) is 5.91 Å². The number of imidazole rings is 1. The minimum atomic E-state index is -0.203. The van der Waals surface area contributed by atoms with Crippen molar-refractivity contribution in [1.82, 2.24) is 14.5 Å². The predicted octanol–water partition coefficient (Wildman–Crippen LogP) is 3.94. The molecule has 0 spiro atoms. The van der Waals surface area contributed by atoms with E-state index in [9.17, 15) is 4.79 Å². The number of aromatic nitrogens is 2. The lowest BCUT2D eigenvalue weighted by atomic mass is 10.1. The van der Waals surface area contributed by atoms with E-state index in [0.29, 0.717) is 24.5 Å². The Bertz CT molecular complexity index is 1200. The topological polar surface area (TPSA) is 56.6 Å². The molecule has 0 aliphatic carbocycles. The molecule has 0 radical (unpaired) electrons. The van der Waals surface area contributed by atoms with Gasteiger partial charge in [0, 0.05) is 18.3 Å². The Balaban J connectivity index is 1.28. The van der Waals surface area contributed by atoms with E-state index in [0.717, 1.165) is 22.5 Å². The normalized spacial score (nSPS) is 15.2. The number of para-hydroxylation sites is 4. The van der Waals surface area contributed by atoms with Gasteiger partial charge in [-0.1, -0.05) is 24.3 Å². The van der Waals surface area contributed by atoms with E-state index < -0.39 is 0 Å². The number of hydrogen-bond donors (Lipinski definition) is 0. The van der Waals surface area contributed by atoms with E-state index in [1.807, 2.05) is 77.4 Å². The van der Waals surface area contributed by atoms with Crippen molar-refractivity contribution in [2.45, 2.75) is 6.10 Å². The van der Waals surface area contributed by atoms with Crippen LogP contribution in [0.5, 0.6) is 11.5 Å². The maximum Gasteiger partial charge on any atom is 0.253 e. The Labute approximate surface area is 174 Å². The molecular weight excluding hydrogens is 378 g/mol. The molecule has 30 heavy (non-hydrogen) atoms. The van der Waals surface area contributed by atoms with Crippen molar-refractivity contribution in [3.05, 3.63) is 84.7 Å². The molecule has 0 saturated carbocycles. The maximum atomic E-state index is 12.9. The number of carbonyl (C=O) groups is 1. The molecule has 150 valence electrons. The van der Waals surface area contributed by atoms with Crippen LogP contribution in [0.15, 0.2) is 79.1 Å². The molecule has 2 heterocycles. The highest BCUT2D eigenvalue weighted by Crippen LogP contribution is 2.31. The molecule has 0 fully saturated rings. The molecule has 6 nitrogen and oxygen atoms in total. The first kappa shape index (κ1) is 18.2. The second-order valence-electron chi connectivity index (χ2n) is 7.33. The number of nitrogens with zero attached hydrogens (tertiary/aromatic N) is 3. The van der Waals surface area contributed by atoms with Crippen molar-refractivity contribution in [2.75, 3.05) is 20.2 Å². The number of fused-ring (bicyclic) bond motifs is 2. The lowest BCUT2D eigenvalue weighted by molar-refractivity contribution is 0.0521. The average Bonchev–Trinajstić information content (AvgIpc) is 3.23. The van der Waals surface area contributed by atoms with Crippen LogP contribution >= 0.6 is 0 Å². The number of likely N-dealkylation sites (N-methyl/N-ethyl adjacent to an activating group) is 1. The highest BCUT2D eigenvalue weighted by molar-refractivity contribution is 5.94. The predicted molar refractivity (Wildman–Crippen MR) is 114 cm³/mol. The van der Waals surface area contributed by atoms with Crippen LogP contribution in [-0.4, -0.2) is 46.7 Å². The lowest BCUT2D eigenvalue weighted by Crippen LogP contribution is -2.41. The fourth-order valence-electron chi connectivity index (χ4n) is 3.69. The molecule has 1 aliphatic heterocycles. The third-order valence-electron chi connectivity index (χ3n) is 5.24. The Morgan fingerprint density at radius 2 is 1.77 bits per heavy atom. The summed E-state index contributed by atoms with van der Waals surface area (Å²) in [6.07, 6.45) is 1.59. The first-order chi connectivity index (χ1) is 14.7. The number of ether oxygens (including phenoxy) is 2. The summed E-state index contributed by atoms with van der Waals surface area (Å²) in [4.78, 5) is 19.0. The van der Waals surface area contributed by atoms with Gasteiger partial charge < -0.3 is 14.4 Å². The van der Waals surface area contributed by atoms with Crippen molar-refractivity contribution < 1.29 is 14.3 Å². The van der Waals surface area contributed by atoms with Gasteiger partial charge in [-0.3, -0.25) is 9.36 Å². The zero-order chi connectivity index (χ0) is 20.5. The summed E-state index contributed by atoms with van der Waals surface area (Å²) in [5.74, 6) is 1.40. The van der Waals surface area contributed by atoms with Gasteiger partial charge in [0.05, 0.1) is 17.6 Å². The molecule has 6 heteroatoms. The van der Waals surface area contributed by atoms with Gasteiger partial charge in [0.2, 0.25) is 0 Å². The molecule has 1 atom stereocenters. The van der Waals surface area contributed by atoms with E-state index >= 15 is 0 Å². The summed E-state index contributed by atoms with van der Waals surface area (Å²) in [5.41, 5.74) is 3.56. The molecule has 0 saturated heterocycles. The summed E-state index contributed by atoms with van der Waals surface area (Å²) in [7, 11) is 1.78. The largest absolute Gasteiger partial charge is 0.486 e. The Kier molecular flexibility index (Phi) is 4.59. The molecule has 0 N–H and O–H groups in total. The molecule has 1 unspecified atom stereocenters. The number of hydrogen-bond acceptors (Lipinski definition) is 4. The standard InChI is InChI=1S/C24H21N3O3/c1-26(14-19-15-29-22-8-4-5-9-23(22)30-19)24(28)17-10-12-18(13-11-17)27-16-25-20-6-2-3-7-21(20)27/h2-13,16,19H,14-15H2,1H3. The van der Waals surface area contributed by atoms with Crippen LogP contribution in [0.3, 0.4) is 0 Å². The Hall–Kier alpha value is -3.80. The van der Waals surface area contributed by atoms with Crippen LogP contribution < -0.4 is 9.47 Å². The van der Waals surface area contributed by atoms with Gasteiger partial charge >= 0.3 is 0 Å². The van der Waals surface area contributed by atoms with Gasteiger partial charge in [0.1, 0.15) is 12.9 Å². The van der Waals surface area contributed by atoms with Gasteiger partial charge in [0.15, 0.2) is 17.6 Å². The highest BCUT2D eigenvalue weighted by Gasteiger charge is 2.24. The fraction of sp³-hybridized carbons (Fsp3) is 0.167. The number of benzene rings is 3. The highest BCUT2D eigenvalue weighted by atomic mass is 16.6. The number of rotatable bonds is 4. The van der Waals surface area contributed by atoms with Crippen LogP contribution in [0.1, 0.15) is 10.4 Å². The summed E-state index contributed by atoms with van der Waals surface area (Å²) in [5, 5.41) is 0. The molecule has 4 aromatic rings. The Morgan fingerprint density at radius 1 is 1.03 bits per heavy atom. The van der Waals surface area contributed by atoms with Gasteiger partial charge in [-0.2, -0.15) is 0 Å². The van der Waals surface area contributed by atoms with E-state index in [-0.39, 0.29) is 12.0 Å². The maximum absolute atomic E-state index is 12.9. The van der Waals surface area contributed by atoms with Gasteiger partial charge in [-0.25, -0.2) is 4.98 Å². The molecule has 1 aromatic heterocycles. The van der Waals surface area contributed by atoms with Gasteiger partial charge in [-0.05, 0) is 48.5 Å². The van der Waals surface area contributed by atoms with Crippen LogP contribution in [0.2, 0.25) is 0 Å². The molecule has 1 amide bonds. The molecular formula is C24H21N3O3. The van der Waals surface area contributed by atoms with Crippen molar-refractivity contribution in [1.29, 1.82) is 0 Å². The van der Waals surface area contributed by atoms with Gasteiger partial charge in [-0.15, -0.1) is 0 Å². The van der Waals surface area contributed by atoms with Crippen molar-refractivity contribution in [3.63, 3.8) is 0 Å². The van der Waals surface area contributed by atoms with Crippen molar-refractivity contribution >= 4 is 16.9 Å². The first-order valence-corrected chi connectivity index (χ1v) is 9.85. The Morgan fingerprint density at radius 3 is 2.60 bits per heavy atom. The molecule has 1 aliphatic rings. The third kappa shape index (κ3) is 3.37. The zero-order valence-electron chi connectivity index (χ0n) is 16.6. The average molecular weight is 399 g/mol. The second kappa shape index (κ2) is 7.55. The zero-order valence-corrected chi connectivity index (χ0v) is 16.6. The monoisotopic (exact) mass is 399 g/mol. The molecule has 3 aromatic carbocycles. The van der Waals surface area contributed by atoms with E-state index in [2.05, 4.69) is 4.98 Å². The lowest BCUT2D eigenvalue weighted by Gasteiger charge is -2.29. The van der Waals surface area contributed by atoms with Crippen molar-refractivity contribution in [3.8, 4) is 17.2 Å². The minimum absolute atomic E-state index is 0.0560. The number of amides is 1. The smallest absolute Gasteiger partial charge is 0.253 e. The minimum Gasteiger partial charge on any atom is -0.486 e. The van der Waals surface area contributed by atoms with Crippen LogP contribution in [-0.2, 0) is 0 Å². The molecule has 5 rings (SSSR count). The summed E-state index contributed by atoms with van der Waals surface area (Å²) in [6.45, 7) is 0.863. The first-order valence-electron chi connectivity index (χ1n) is 9.85. The van der Waals surface area contributed by atoms with E-state index in [1.54, 1.807) is 18.3 Å². The quantitative estimate of drug-likeness (QED) is 0.522. The SMILES string of the molecule is CN(CC1COc2ccccc2O1)C(=O)c1ccc(-n2cnc3ccccc32)cc1. The summed E-state index contributed by atoms with van der Waals surface area (Å²) >= 11 is 0. The summed E-state index contributed by atoms with van der Waals surface area (Å²) < 4.78 is 13.7. The van der Waals surface area contributed by atoms with Crippen LogP contribution in [0.25, 0.3) is 16.7 Å². The molecule has 0 bridgehead atoms. The van der Waals surface area contributed by atoms with Crippen molar-refractivity contribution in [2.24, 2.45) is 0 Å². The van der Waals surface area contributed by atoms with Crippen LogP contribution in [0, 0.1) is 0 Å². The fourth-order valence-corrected chi connectivity index (χ4v) is 3.69. The van der Waals surface area contributed by atoms with Crippen LogP contribution in [0.4, 0.5) is 0 Å². The summed E-state index contributed by atoms with van der Waals surface area (Å²) in [6, 6.07) is 23.1. The second-order valence-corrected chi connectivity index (χ2v) is 7.33. The third-order valence-corrected chi connectivity index (χ3v) is 5.24.